The van der Waals surface area contributed by atoms with E-state index < -0.39 is 15.4 Å². The molecule has 2 atom stereocenters. The molecule has 0 radical (unpaired) electrons. The lowest BCUT2D eigenvalue weighted by atomic mass is 9.65. The Morgan fingerprint density at radius 1 is 1.12 bits per heavy atom. The molecule has 2 saturated heterocycles. The van der Waals surface area contributed by atoms with Gasteiger partial charge in [0.05, 0.1) is 11.7 Å². The van der Waals surface area contributed by atoms with Crippen molar-refractivity contribution in [1.82, 2.24) is 14.5 Å². The molecule has 0 bridgehead atoms. The number of piperidine rings is 1. The fourth-order valence-electron chi connectivity index (χ4n) is 5.53. The first kappa shape index (κ1) is 19.6. The highest BCUT2D eigenvalue weighted by Crippen LogP contribution is 2.62. The normalized spacial score (nSPS) is 31.4. The van der Waals surface area contributed by atoms with E-state index in [0.29, 0.717) is 19.6 Å². The van der Waals surface area contributed by atoms with Gasteiger partial charge < -0.3 is 10.2 Å². The molecular weight excluding hydrogens is 354 g/mol. The maximum Gasteiger partial charge on any atom is 0.227 e. The number of carbonyl (C=O) groups is 2. The summed E-state index contributed by atoms with van der Waals surface area (Å²) >= 11 is 0. The Balaban J connectivity index is 1.85. The molecule has 148 valence electrons. The summed E-state index contributed by atoms with van der Waals surface area (Å²) < 4.78 is 25.8. The van der Waals surface area contributed by atoms with E-state index in [1.807, 2.05) is 18.7 Å². The fraction of sp³-hybridized carbons (Fsp3) is 0.889. The highest BCUT2D eigenvalue weighted by atomic mass is 32.2. The van der Waals surface area contributed by atoms with E-state index in [1.54, 1.807) is 7.05 Å². The van der Waals surface area contributed by atoms with Crippen LogP contribution in [0.1, 0.15) is 39.5 Å². The highest BCUT2D eigenvalue weighted by Gasteiger charge is 2.65. The summed E-state index contributed by atoms with van der Waals surface area (Å²) in [6, 6.07) is 0. The molecule has 0 unspecified atom stereocenters. The number of likely N-dealkylation sites (tertiary alicyclic amines) is 1. The molecule has 3 aliphatic rings. The molecule has 1 spiro atoms. The molecule has 2 aliphatic heterocycles. The topological polar surface area (TPSA) is 86.8 Å². The monoisotopic (exact) mass is 385 g/mol. The molecule has 2 amide bonds. The van der Waals surface area contributed by atoms with Gasteiger partial charge in [0.25, 0.3) is 0 Å². The second-order valence-corrected chi connectivity index (χ2v) is 10.7. The van der Waals surface area contributed by atoms with Crippen LogP contribution in [0.15, 0.2) is 0 Å². The van der Waals surface area contributed by atoms with E-state index >= 15 is 0 Å². The maximum absolute atomic E-state index is 12.8. The highest BCUT2D eigenvalue weighted by molar-refractivity contribution is 7.88. The molecule has 3 fully saturated rings. The van der Waals surface area contributed by atoms with Gasteiger partial charge in [-0.05, 0) is 37.0 Å². The minimum atomic E-state index is -3.33. The molecule has 8 heteroatoms. The summed E-state index contributed by atoms with van der Waals surface area (Å²) in [7, 11) is -1.70. The van der Waals surface area contributed by atoms with Crippen molar-refractivity contribution in [1.29, 1.82) is 0 Å². The van der Waals surface area contributed by atoms with Crippen LogP contribution in [0.25, 0.3) is 0 Å². The predicted molar refractivity (Wildman–Crippen MR) is 98.7 cm³/mol. The molecular formula is C18H31N3O4S. The van der Waals surface area contributed by atoms with Crippen molar-refractivity contribution in [2.75, 3.05) is 39.5 Å². The van der Waals surface area contributed by atoms with E-state index in [0.717, 1.165) is 25.7 Å². The second kappa shape index (κ2) is 6.48. The number of amides is 2. The van der Waals surface area contributed by atoms with Gasteiger partial charge in [-0.3, -0.25) is 9.59 Å². The average molecular weight is 386 g/mol. The van der Waals surface area contributed by atoms with Gasteiger partial charge in [0.2, 0.25) is 21.8 Å². The van der Waals surface area contributed by atoms with Gasteiger partial charge in [0, 0.05) is 39.1 Å². The molecule has 1 aliphatic carbocycles. The number of carbonyl (C=O) groups excluding carboxylic acids is 2. The summed E-state index contributed by atoms with van der Waals surface area (Å²) in [5.41, 5.74) is -0.665. The Hall–Kier alpha value is -1.15. The van der Waals surface area contributed by atoms with Gasteiger partial charge in [-0.15, -0.1) is 0 Å². The molecule has 0 aromatic rings. The zero-order valence-electron chi connectivity index (χ0n) is 16.2. The molecule has 3 rings (SSSR count). The van der Waals surface area contributed by atoms with Crippen LogP contribution >= 0.6 is 0 Å². The molecule has 0 aromatic carbocycles. The lowest BCUT2D eigenvalue weighted by Gasteiger charge is -2.44. The smallest absolute Gasteiger partial charge is 0.227 e. The van der Waals surface area contributed by atoms with Crippen LogP contribution in [-0.2, 0) is 19.6 Å². The van der Waals surface area contributed by atoms with Crippen LogP contribution in [0.2, 0.25) is 0 Å². The van der Waals surface area contributed by atoms with Crippen molar-refractivity contribution in [3.63, 3.8) is 0 Å². The number of sulfonamides is 1. The van der Waals surface area contributed by atoms with Crippen LogP contribution < -0.4 is 5.32 Å². The Kier molecular flexibility index (Phi) is 4.88. The third-order valence-electron chi connectivity index (χ3n) is 7.03. The van der Waals surface area contributed by atoms with Crippen molar-refractivity contribution >= 4 is 21.8 Å². The van der Waals surface area contributed by atoms with Gasteiger partial charge in [-0.2, -0.15) is 0 Å². The van der Waals surface area contributed by atoms with E-state index in [4.69, 9.17) is 0 Å². The van der Waals surface area contributed by atoms with Crippen molar-refractivity contribution in [2.45, 2.75) is 39.5 Å². The van der Waals surface area contributed by atoms with E-state index in [-0.39, 0.29) is 35.6 Å². The van der Waals surface area contributed by atoms with Crippen LogP contribution in [-0.4, -0.2) is 68.9 Å². The number of hydrogen-bond acceptors (Lipinski definition) is 4. The van der Waals surface area contributed by atoms with Crippen molar-refractivity contribution in [3.05, 3.63) is 0 Å². The van der Waals surface area contributed by atoms with Gasteiger partial charge in [0.15, 0.2) is 0 Å². The lowest BCUT2D eigenvalue weighted by Crippen LogP contribution is -2.49. The van der Waals surface area contributed by atoms with Gasteiger partial charge in [0.1, 0.15) is 0 Å². The molecule has 26 heavy (non-hydrogen) atoms. The van der Waals surface area contributed by atoms with Crippen LogP contribution in [0.3, 0.4) is 0 Å². The van der Waals surface area contributed by atoms with Crippen molar-refractivity contribution in [3.8, 4) is 0 Å². The number of fused-ring (bicyclic) bond motifs is 2. The van der Waals surface area contributed by atoms with Gasteiger partial charge in [-0.1, -0.05) is 13.8 Å². The first-order valence-corrected chi connectivity index (χ1v) is 11.4. The number of nitrogens with zero attached hydrogens (tertiary/aromatic N) is 2. The molecule has 1 N–H and O–H groups in total. The minimum absolute atomic E-state index is 0.00945. The fourth-order valence-corrected chi connectivity index (χ4v) is 6.41. The molecule has 1 saturated carbocycles. The first-order chi connectivity index (χ1) is 12.1. The van der Waals surface area contributed by atoms with E-state index in [1.165, 1.54) is 10.6 Å². The standard InChI is InChI=1S/C18H31N3O4S/c1-13(2)15(22)20-9-7-17(8-10-20)5-6-18(16(23)19-3)12-21(11-14(17)18)26(4,24)25/h13-14H,5-12H2,1-4H3,(H,19,23)/t14-,18+/m0/s1. The Morgan fingerprint density at radius 2 is 1.73 bits per heavy atom. The van der Waals surface area contributed by atoms with Crippen molar-refractivity contribution < 1.29 is 18.0 Å². The number of hydrogen-bond donors (Lipinski definition) is 1. The molecule has 2 heterocycles. The van der Waals surface area contributed by atoms with Crippen LogP contribution in [0, 0.1) is 22.7 Å². The number of nitrogens with one attached hydrogen (secondary N) is 1. The predicted octanol–water partition coefficient (Wildman–Crippen LogP) is 0.669. The van der Waals surface area contributed by atoms with Crippen molar-refractivity contribution in [2.24, 2.45) is 22.7 Å². The quantitative estimate of drug-likeness (QED) is 0.774. The second-order valence-electron chi connectivity index (χ2n) is 8.69. The Morgan fingerprint density at radius 3 is 2.23 bits per heavy atom. The van der Waals surface area contributed by atoms with E-state index in [9.17, 15) is 18.0 Å². The zero-order valence-corrected chi connectivity index (χ0v) is 17.1. The van der Waals surface area contributed by atoms with Crippen LogP contribution in [0.4, 0.5) is 0 Å². The average Bonchev–Trinajstić information content (AvgIpc) is 3.12. The zero-order chi connectivity index (χ0) is 19.3. The van der Waals surface area contributed by atoms with Crippen LogP contribution in [0.5, 0.6) is 0 Å². The summed E-state index contributed by atoms with van der Waals surface area (Å²) in [5.74, 6) is 0.163. The summed E-state index contributed by atoms with van der Waals surface area (Å²) in [4.78, 5) is 27.0. The molecule has 0 aromatic heterocycles. The summed E-state index contributed by atoms with van der Waals surface area (Å²) in [5, 5.41) is 2.78. The third-order valence-corrected chi connectivity index (χ3v) is 8.25. The van der Waals surface area contributed by atoms with E-state index in [2.05, 4.69) is 5.32 Å². The molecule has 7 nitrogen and oxygen atoms in total. The van der Waals surface area contributed by atoms with Gasteiger partial charge >= 0.3 is 0 Å². The number of rotatable bonds is 3. The minimum Gasteiger partial charge on any atom is -0.359 e. The Bertz CT molecular complexity index is 697. The Labute approximate surface area is 156 Å². The third kappa shape index (κ3) is 2.95. The summed E-state index contributed by atoms with van der Waals surface area (Å²) in [6.45, 7) is 5.95. The first-order valence-electron chi connectivity index (χ1n) is 9.52. The lowest BCUT2D eigenvalue weighted by molar-refractivity contribution is -0.138. The largest absolute Gasteiger partial charge is 0.359 e. The maximum atomic E-state index is 12.8. The SMILES string of the molecule is CNC(=O)[C@@]12CCC3(CCN(C(=O)C(C)C)CC3)[C@@H]1CN(S(C)(=O)=O)C2. The summed E-state index contributed by atoms with van der Waals surface area (Å²) in [6.07, 6.45) is 4.59. The van der Waals surface area contributed by atoms with Gasteiger partial charge in [-0.25, -0.2) is 12.7 Å².